The van der Waals surface area contributed by atoms with Crippen molar-refractivity contribution < 1.29 is 0 Å². The normalized spacial score (nSPS) is 13.1. The quantitative estimate of drug-likeness (QED) is 0.567. The summed E-state index contributed by atoms with van der Waals surface area (Å²) in [6.45, 7) is 0. The Morgan fingerprint density at radius 1 is 1.12 bits per heavy atom. The Kier molecular flexibility index (Phi) is 0.770. The molecule has 0 amide bonds. The van der Waals surface area contributed by atoms with Crippen molar-refractivity contribution in [3.63, 3.8) is 0 Å². The predicted molar refractivity (Wildman–Crippen MR) is 36.9 cm³/mol. The molecule has 0 saturated heterocycles. The zero-order valence-electron chi connectivity index (χ0n) is 4.32. The van der Waals surface area contributed by atoms with E-state index in [1.165, 1.54) is 22.0 Å². The van der Waals surface area contributed by atoms with Crippen molar-refractivity contribution in [1.29, 1.82) is 0 Å². The molecule has 2 aliphatic rings. The highest BCUT2D eigenvalue weighted by Gasteiger charge is 2.08. The van der Waals surface area contributed by atoms with Gasteiger partial charge in [-0.1, -0.05) is 22.0 Å². The van der Waals surface area contributed by atoms with Crippen molar-refractivity contribution in [3.05, 3.63) is 33.8 Å². The fourth-order valence-electron chi connectivity index (χ4n) is 1.03. The molecule has 0 aliphatic heterocycles. The molecule has 1 aromatic rings. The maximum absolute atomic E-state index is 3.40. The van der Waals surface area contributed by atoms with Crippen LogP contribution in [0, 0.1) is 0 Å². The first kappa shape index (κ1) is 4.57. The summed E-state index contributed by atoms with van der Waals surface area (Å²) in [4.78, 5) is 0. The van der Waals surface area contributed by atoms with E-state index in [2.05, 4.69) is 34.1 Å². The highest BCUT2D eigenvalue weighted by atomic mass is 79.9. The van der Waals surface area contributed by atoms with E-state index in [1.54, 1.807) is 0 Å². The van der Waals surface area contributed by atoms with E-state index in [9.17, 15) is 0 Å². The van der Waals surface area contributed by atoms with Crippen LogP contribution in [0.2, 0.25) is 0 Å². The van der Waals surface area contributed by atoms with Crippen molar-refractivity contribution in [2.75, 3.05) is 0 Å². The topological polar surface area (TPSA) is 0 Å². The van der Waals surface area contributed by atoms with Crippen molar-refractivity contribution in [3.8, 4) is 0 Å². The minimum atomic E-state index is 1.19. The zero-order chi connectivity index (χ0) is 5.56. The molecular weight excluding hydrogens is 164 g/mol. The van der Waals surface area contributed by atoms with Gasteiger partial charge >= 0.3 is 0 Å². The second-order valence-corrected chi connectivity index (χ2v) is 3.06. The van der Waals surface area contributed by atoms with Crippen LogP contribution in [0.1, 0.15) is 11.1 Å². The molecule has 2 bridgehead atoms. The van der Waals surface area contributed by atoms with Crippen LogP contribution in [-0.4, -0.2) is 0 Å². The number of benzene rings is 1. The zero-order valence-corrected chi connectivity index (χ0v) is 5.90. The summed E-state index contributed by atoms with van der Waals surface area (Å²) in [6.07, 6.45) is 1.19. The van der Waals surface area contributed by atoms with Gasteiger partial charge in [0.2, 0.25) is 0 Å². The number of halogens is 1. The average molecular weight is 169 g/mol. The van der Waals surface area contributed by atoms with Gasteiger partial charge in [-0.05, 0) is 29.7 Å². The highest BCUT2D eigenvalue weighted by molar-refractivity contribution is 9.10. The van der Waals surface area contributed by atoms with E-state index in [0.717, 1.165) is 0 Å². The van der Waals surface area contributed by atoms with Crippen LogP contribution < -0.4 is 0 Å². The average Bonchev–Trinajstić information content (AvgIpc) is 1.62. The van der Waals surface area contributed by atoms with Gasteiger partial charge in [-0.2, -0.15) is 0 Å². The lowest BCUT2D eigenvalue weighted by atomic mass is 9.94. The van der Waals surface area contributed by atoms with E-state index in [0.29, 0.717) is 0 Å². The highest BCUT2D eigenvalue weighted by Crippen LogP contribution is 2.25. The smallest absolute Gasteiger partial charge is 0.0180 e. The molecule has 1 aromatic carbocycles. The third-order valence-corrected chi connectivity index (χ3v) is 1.88. The van der Waals surface area contributed by atoms with Gasteiger partial charge in [-0.25, -0.2) is 0 Å². The summed E-state index contributed by atoms with van der Waals surface area (Å²) in [5.41, 5.74) is 2.91. The van der Waals surface area contributed by atoms with Gasteiger partial charge < -0.3 is 0 Å². The molecule has 0 heterocycles. The lowest BCUT2D eigenvalue weighted by Gasteiger charge is -2.13. The Morgan fingerprint density at radius 3 is 1.88 bits per heavy atom. The first-order valence-corrected chi connectivity index (χ1v) is 3.42. The van der Waals surface area contributed by atoms with Gasteiger partial charge in [0, 0.05) is 4.47 Å². The van der Waals surface area contributed by atoms with E-state index in [1.807, 2.05) is 0 Å². The number of fused-ring (bicyclic) bond motifs is 2. The van der Waals surface area contributed by atoms with Crippen LogP contribution >= 0.6 is 15.9 Å². The fraction of sp³-hybridized carbons (Fsp3) is 0.143. The first-order chi connectivity index (χ1) is 3.84. The Balaban J connectivity index is 2.69. The summed E-state index contributed by atoms with van der Waals surface area (Å²) in [5.74, 6) is 0. The van der Waals surface area contributed by atoms with Gasteiger partial charge in [0.05, 0.1) is 0 Å². The molecule has 0 radical (unpaired) electrons. The second kappa shape index (κ2) is 1.35. The molecule has 2 aliphatic carbocycles. The Bertz CT molecular complexity index is 206. The number of rotatable bonds is 0. The number of hydrogen-bond donors (Lipinski definition) is 0. The third-order valence-electron chi connectivity index (χ3n) is 1.43. The van der Waals surface area contributed by atoms with Crippen LogP contribution in [0.4, 0.5) is 0 Å². The van der Waals surface area contributed by atoms with E-state index in [4.69, 9.17) is 0 Å². The maximum atomic E-state index is 3.40. The largest absolute Gasteiger partial charge is 0.0551 e. The van der Waals surface area contributed by atoms with Crippen molar-refractivity contribution in [2.24, 2.45) is 0 Å². The molecule has 0 unspecified atom stereocenters. The van der Waals surface area contributed by atoms with Gasteiger partial charge in [-0.15, -0.1) is 0 Å². The van der Waals surface area contributed by atoms with Crippen LogP contribution in [0.25, 0.3) is 0 Å². The van der Waals surface area contributed by atoms with Gasteiger partial charge in [0.25, 0.3) is 0 Å². The maximum Gasteiger partial charge on any atom is 0.0180 e. The van der Waals surface area contributed by atoms with Gasteiger partial charge in [0.1, 0.15) is 0 Å². The molecule has 0 N–H and O–H groups in total. The standard InChI is InChI=1S/C7H5Br/c8-7-3-5-1-6(2-5)4-7/h1,3-4H,2H2. The summed E-state index contributed by atoms with van der Waals surface area (Å²) < 4.78 is 1.22. The molecule has 0 saturated carbocycles. The molecule has 0 fully saturated rings. The fourth-order valence-corrected chi connectivity index (χ4v) is 1.61. The Labute approximate surface area is 56.7 Å². The van der Waals surface area contributed by atoms with E-state index < -0.39 is 0 Å². The van der Waals surface area contributed by atoms with Crippen molar-refractivity contribution >= 4 is 15.9 Å². The van der Waals surface area contributed by atoms with Crippen molar-refractivity contribution in [1.82, 2.24) is 0 Å². The van der Waals surface area contributed by atoms with Crippen molar-refractivity contribution in [2.45, 2.75) is 6.42 Å². The molecule has 8 heavy (non-hydrogen) atoms. The predicted octanol–water partition coefficient (Wildman–Crippen LogP) is 2.35. The van der Waals surface area contributed by atoms with Crippen LogP contribution in [0.15, 0.2) is 22.7 Å². The summed E-state index contributed by atoms with van der Waals surface area (Å²) in [7, 11) is 0. The van der Waals surface area contributed by atoms with E-state index in [-0.39, 0.29) is 0 Å². The molecule has 0 aromatic heterocycles. The minimum Gasteiger partial charge on any atom is -0.0551 e. The lowest BCUT2D eigenvalue weighted by Crippen LogP contribution is -1.99. The molecule has 0 spiro atoms. The monoisotopic (exact) mass is 168 g/mol. The summed E-state index contributed by atoms with van der Waals surface area (Å²) >= 11 is 3.40. The molecule has 3 rings (SSSR count). The molecule has 0 atom stereocenters. The summed E-state index contributed by atoms with van der Waals surface area (Å²) in [5, 5.41) is 0. The second-order valence-electron chi connectivity index (χ2n) is 2.14. The van der Waals surface area contributed by atoms with E-state index >= 15 is 0 Å². The summed E-state index contributed by atoms with van der Waals surface area (Å²) in [6, 6.07) is 6.53. The first-order valence-electron chi connectivity index (χ1n) is 2.63. The Hall–Kier alpha value is -0.300. The SMILES string of the molecule is Brc1cc2cc(c1)C2. The molecule has 40 valence electrons. The molecular formula is C7H5Br. The minimum absolute atomic E-state index is 1.19. The Morgan fingerprint density at radius 2 is 1.62 bits per heavy atom. The van der Waals surface area contributed by atoms with Crippen LogP contribution in [0.5, 0.6) is 0 Å². The number of hydrogen-bond acceptors (Lipinski definition) is 0. The lowest BCUT2D eigenvalue weighted by molar-refractivity contribution is 1.08. The molecule has 0 nitrogen and oxygen atoms in total. The van der Waals surface area contributed by atoms with Gasteiger partial charge in [0.15, 0.2) is 0 Å². The third kappa shape index (κ3) is 0.511. The van der Waals surface area contributed by atoms with Crippen LogP contribution in [0.3, 0.4) is 0 Å². The van der Waals surface area contributed by atoms with Crippen LogP contribution in [-0.2, 0) is 6.42 Å². The van der Waals surface area contributed by atoms with Gasteiger partial charge in [-0.3, -0.25) is 0 Å². The molecule has 1 heteroatoms.